The van der Waals surface area contributed by atoms with Gasteiger partial charge in [-0.25, -0.2) is 0 Å². The van der Waals surface area contributed by atoms with Crippen molar-refractivity contribution in [3.05, 3.63) is 27.6 Å². The Morgan fingerprint density at radius 2 is 2.06 bits per heavy atom. The first kappa shape index (κ1) is 14.2. The summed E-state index contributed by atoms with van der Waals surface area (Å²) in [6, 6.07) is 4.49. The lowest BCUT2D eigenvalue weighted by Crippen LogP contribution is -2.50. The summed E-state index contributed by atoms with van der Waals surface area (Å²) in [4.78, 5) is 9.12. The molecule has 4 nitrogen and oxygen atoms in total. The molecular formula is C13H20IN3O. The number of halogens is 1. The number of aliphatic hydroxyl groups is 1. The van der Waals surface area contributed by atoms with Gasteiger partial charge in [0.2, 0.25) is 0 Å². The fourth-order valence-electron chi connectivity index (χ4n) is 2.24. The summed E-state index contributed by atoms with van der Waals surface area (Å²) < 4.78 is 1.04. The average Bonchev–Trinajstić information content (AvgIpc) is 2.41. The summed E-state index contributed by atoms with van der Waals surface area (Å²) in [5.74, 6) is 0. The summed E-state index contributed by atoms with van der Waals surface area (Å²) in [5.41, 5.74) is 1.28. The lowest BCUT2D eigenvalue weighted by Gasteiger charge is -2.37. The van der Waals surface area contributed by atoms with E-state index in [-0.39, 0.29) is 12.6 Å². The minimum atomic E-state index is 0.251. The molecule has 1 aliphatic heterocycles. The molecule has 2 rings (SSSR count). The van der Waals surface area contributed by atoms with Crippen molar-refractivity contribution < 1.29 is 5.11 Å². The Labute approximate surface area is 122 Å². The van der Waals surface area contributed by atoms with E-state index >= 15 is 0 Å². The van der Waals surface area contributed by atoms with Gasteiger partial charge in [-0.2, -0.15) is 0 Å². The second kappa shape index (κ2) is 6.79. The minimum Gasteiger partial charge on any atom is -0.395 e. The number of nitrogens with zero attached hydrogens (tertiary/aromatic N) is 3. The lowest BCUT2D eigenvalue weighted by molar-refractivity contribution is 0.0702. The number of aliphatic hydroxyl groups excluding tert-OH is 1. The van der Waals surface area contributed by atoms with Crippen LogP contribution < -0.4 is 0 Å². The second-order valence-electron chi connectivity index (χ2n) is 4.83. The summed E-state index contributed by atoms with van der Waals surface area (Å²) in [5, 5.41) is 9.15. The van der Waals surface area contributed by atoms with E-state index < -0.39 is 0 Å². The van der Waals surface area contributed by atoms with Crippen LogP contribution in [0.25, 0.3) is 0 Å². The molecule has 18 heavy (non-hydrogen) atoms. The molecule has 2 heterocycles. The van der Waals surface area contributed by atoms with Crippen LogP contribution in [0.2, 0.25) is 0 Å². The van der Waals surface area contributed by atoms with E-state index in [1.165, 1.54) is 5.56 Å². The zero-order chi connectivity index (χ0) is 13.0. The van der Waals surface area contributed by atoms with E-state index in [1.807, 2.05) is 6.20 Å². The van der Waals surface area contributed by atoms with Crippen molar-refractivity contribution in [3.63, 3.8) is 0 Å². The Balaban J connectivity index is 1.81. The molecule has 5 heteroatoms. The molecular weight excluding hydrogens is 341 g/mol. The maximum Gasteiger partial charge on any atom is 0.101 e. The van der Waals surface area contributed by atoms with Crippen molar-refractivity contribution in [2.75, 3.05) is 32.8 Å². The monoisotopic (exact) mass is 361 g/mol. The van der Waals surface area contributed by atoms with Crippen LogP contribution >= 0.6 is 22.6 Å². The van der Waals surface area contributed by atoms with Gasteiger partial charge in [0.05, 0.1) is 6.61 Å². The van der Waals surface area contributed by atoms with Crippen LogP contribution in [-0.4, -0.2) is 58.7 Å². The maximum atomic E-state index is 9.15. The number of rotatable bonds is 4. The standard InChI is InChI=1S/C13H20IN3O/c1-11(10-18)17-6-4-16(5-7-17)9-12-2-3-13(14)15-8-12/h2-3,8,11,18H,4-7,9-10H2,1H3/t11-/m1/s1. The molecule has 100 valence electrons. The molecule has 0 spiro atoms. The Morgan fingerprint density at radius 3 is 2.61 bits per heavy atom. The summed E-state index contributed by atoms with van der Waals surface area (Å²) in [6.07, 6.45) is 1.96. The molecule has 0 aromatic carbocycles. The van der Waals surface area contributed by atoms with Gasteiger partial charge in [0.1, 0.15) is 3.70 Å². The third-order valence-electron chi connectivity index (χ3n) is 3.49. The van der Waals surface area contributed by atoms with Gasteiger partial charge in [-0.3, -0.25) is 14.8 Å². The summed E-state index contributed by atoms with van der Waals surface area (Å²) in [6.45, 7) is 7.52. The molecule has 1 aromatic rings. The molecule has 1 saturated heterocycles. The minimum absolute atomic E-state index is 0.251. The highest BCUT2D eigenvalue weighted by Gasteiger charge is 2.20. The second-order valence-corrected chi connectivity index (χ2v) is 5.94. The fraction of sp³-hybridized carbons (Fsp3) is 0.615. The molecule has 0 bridgehead atoms. The molecule has 1 N–H and O–H groups in total. The highest BCUT2D eigenvalue weighted by Crippen LogP contribution is 2.10. The van der Waals surface area contributed by atoms with E-state index in [2.05, 4.69) is 56.4 Å². The van der Waals surface area contributed by atoms with Crippen LogP contribution in [0.15, 0.2) is 18.3 Å². The molecule has 1 aliphatic rings. The van der Waals surface area contributed by atoms with Crippen LogP contribution in [0.3, 0.4) is 0 Å². The Hall–Kier alpha value is -0.240. The Bertz CT molecular complexity index is 363. The molecule has 0 radical (unpaired) electrons. The third kappa shape index (κ3) is 3.88. The van der Waals surface area contributed by atoms with Crippen LogP contribution in [0, 0.1) is 3.70 Å². The van der Waals surface area contributed by atoms with Gasteiger partial charge in [0.25, 0.3) is 0 Å². The summed E-state index contributed by atoms with van der Waals surface area (Å²) in [7, 11) is 0. The first-order valence-electron chi connectivity index (χ1n) is 6.36. The van der Waals surface area contributed by atoms with Crippen LogP contribution in [-0.2, 0) is 6.54 Å². The normalized spacial score (nSPS) is 19.9. The predicted molar refractivity (Wildman–Crippen MR) is 80.4 cm³/mol. The first-order chi connectivity index (χ1) is 8.69. The van der Waals surface area contributed by atoms with Crippen LogP contribution in [0.1, 0.15) is 12.5 Å². The van der Waals surface area contributed by atoms with Gasteiger partial charge in [0, 0.05) is 45.0 Å². The van der Waals surface area contributed by atoms with Crippen molar-refractivity contribution in [2.24, 2.45) is 0 Å². The molecule has 0 aliphatic carbocycles. The SMILES string of the molecule is C[C@H](CO)N1CCN(Cc2ccc(I)nc2)CC1. The van der Waals surface area contributed by atoms with Crippen molar-refractivity contribution in [1.82, 2.24) is 14.8 Å². The van der Waals surface area contributed by atoms with Crippen LogP contribution in [0.4, 0.5) is 0 Å². The van der Waals surface area contributed by atoms with Crippen molar-refractivity contribution >= 4 is 22.6 Å². The van der Waals surface area contributed by atoms with Gasteiger partial charge in [-0.15, -0.1) is 0 Å². The Morgan fingerprint density at radius 1 is 1.33 bits per heavy atom. The predicted octanol–water partition coefficient (Wildman–Crippen LogP) is 1.18. The number of aromatic nitrogens is 1. The molecule has 1 aromatic heterocycles. The topological polar surface area (TPSA) is 39.6 Å². The van der Waals surface area contributed by atoms with Gasteiger partial charge in [-0.1, -0.05) is 6.07 Å². The maximum absolute atomic E-state index is 9.15. The molecule has 0 unspecified atom stereocenters. The number of pyridine rings is 1. The molecule has 0 amide bonds. The van der Waals surface area contributed by atoms with Gasteiger partial charge in [0.15, 0.2) is 0 Å². The fourth-order valence-corrected chi connectivity index (χ4v) is 2.55. The largest absolute Gasteiger partial charge is 0.395 e. The number of piperazine rings is 1. The first-order valence-corrected chi connectivity index (χ1v) is 7.44. The van der Waals surface area contributed by atoms with Crippen molar-refractivity contribution in [3.8, 4) is 0 Å². The highest BCUT2D eigenvalue weighted by atomic mass is 127. The molecule has 1 atom stereocenters. The van der Waals surface area contributed by atoms with Gasteiger partial charge >= 0.3 is 0 Å². The van der Waals surface area contributed by atoms with E-state index in [0.29, 0.717) is 0 Å². The van der Waals surface area contributed by atoms with Crippen molar-refractivity contribution in [2.45, 2.75) is 19.5 Å². The zero-order valence-corrected chi connectivity index (χ0v) is 12.9. The van der Waals surface area contributed by atoms with E-state index in [9.17, 15) is 0 Å². The summed E-state index contributed by atoms with van der Waals surface area (Å²) >= 11 is 2.23. The quantitative estimate of drug-likeness (QED) is 0.646. The third-order valence-corrected chi connectivity index (χ3v) is 4.13. The zero-order valence-electron chi connectivity index (χ0n) is 10.7. The highest BCUT2D eigenvalue weighted by molar-refractivity contribution is 14.1. The Kier molecular flexibility index (Phi) is 5.35. The smallest absolute Gasteiger partial charge is 0.101 e. The van der Waals surface area contributed by atoms with E-state index in [1.54, 1.807) is 0 Å². The number of hydrogen-bond donors (Lipinski definition) is 1. The van der Waals surface area contributed by atoms with E-state index in [0.717, 1.165) is 36.4 Å². The van der Waals surface area contributed by atoms with Gasteiger partial charge in [-0.05, 0) is 41.1 Å². The van der Waals surface area contributed by atoms with Gasteiger partial charge < -0.3 is 5.11 Å². The molecule has 0 saturated carbocycles. The van der Waals surface area contributed by atoms with Crippen molar-refractivity contribution in [1.29, 1.82) is 0 Å². The molecule has 1 fully saturated rings. The lowest BCUT2D eigenvalue weighted by atomic mass is 10.2. The van der Waals surface area contributed by atoms with E-state index in [4.69, 9.17) is 5.11 Å². The van der Waals surface area contributed by atoms with Crippen LogP contribution in [0.5, 0.6) is 0 Å². The number of hydrogen-bond acceptors (Lipinski definition) is 4. The average molecular weight is 361 g/mol.